The zero-order valence-corrected chi connectivity index (χ0v) is 8.93. The van der Waals surface area contributed by atoms with Crippen molar-refractivity contribution in [1.82, 2.24) is 25.4 Å². The first-order valence-electron chi connectivity index (χ1n) is 5.07. The molecule has 0 spiro atoms. The summed E-state index contributed by atoms with van der Waals surface area (Å²) in [7, 11) is 1.80. The van der Waals surface area contributed by atoms with Crippen molar-refractivity contribution in [1.29, 1.82) is 0 Å². The van der Waals surface area contributed by atoms with Gasteiger partial charge in [0.1, 0.15) is 6.33 Å². The van der Waals surface area contributed by atoms with Crippen molar-refractivity contribution in [2.24, 2.45) is 7.05 Å². The summed E-state index contributed by atoms with van der Waals surface area (Å²) in [6, 6.07) is -0.406. The van der Waals surface area contributed by atoms with Crippen LogP contribution in [0.5, 0.6) is 0 Å². The van der Waals surface area contributed by atoms with Crippen molar-refractivity contribution in [3.05, 3.63) is 12.2 Å². The normalized spacial score (nSPS) is 20.2. The van der Waals surface area contributed by atoms with Crippen LogP contribution in [0.1, 0.15) is 12.2 Å². The molecule has 86 valence electrons. The van der Waals surface area contributed by atoms with Gasteiger partial charge in [-0.3, -0.25) is 19.6 Å². The number of carbonyl (C=O) groups is 2. The van der Waals surface area contributed by atoms with Gasteiger partial charge in [0, 0.05) is 20.0 Å². The Morgan fingerprint density at radius 1 is 1.62 bits per heavy atom. The number of carbonyl (C=O) groups excluding carboxylic acids is 2. The standard InChI is InChI=1S/C9H13N5O2/c1-14-5-11-7(13-14)2-3-10-6-4-8(15)12-9(6)16/h5-6,10H,2-4H2,1H3,(H,12,15,16). The highest BCUT2D eigenvalue weighted by molar-refractivity contribution is 6.05. The Bertz CT molecular complexity index is 414. The van der Waals surface area contributed by atoms with E-state index in [4.69, 9.17) is 0 Å². The second-order valence-electron chi connectivity index (χ2n) is 3.71. The minimum atomic E-state index is -0.406. The summed E-state index contributed by atoms with van der Waals surface area (Å²) >= 11 is 0. The van der Waals surface area contributed by atoms with E-state index in [1.54, 1.807) is 18.1 Å². The average molecular weight is 223 g/mol. The molecule has 1 saturated heterocycles. The van der Waals surface area contributed by atoms with Gasteiger partial charge in [-0.1, -0.05) is 0 Å². The van der Waals surface area contributed by atoms with Gasteiger partial charge < -0.3 is 5.32 Å². The summed E-state index contributed by atoms with van der Waals surface area (Å²) in [6.07, 6.45) is 2.48. The fourth-order valence-corrected chi connectivity index (χ4v) is 1.58. The first-order valence-corrected chi connectivity index (χ1v) is 5.07. The molecule has 0 bridgehead atoms. The Morgan fingerprint density at radius 3 is 3.00 bits per heavy atom. The number of rotatable bonds is 4. The van der Waals surface area contributed by atoms with E-state index in [9.17, 15) is 9.59 Å². The highest BCUT2D eigenvalue weighted by atomic mass is 16.2. The second kappa shape index (κ2) is 4.40. The zero-order valence-electron chi connectivity index (χ0n) is 8.93. The third kappa shape index (κ3) is 2.43. The van der Waals surface area contributed by atoms with E-state index < -0.39 is 6.04 Å². The quantitative estimate of drug-likeness (QED) is 0.598. The fourth-order valence-electron chi connectivity index (χ4n) is 1.58. The highest BCUT2D eigenvalue weighted by Gasteiger charge is 2.29. The number of amides is 2. The summed E-state index contributed by atoms with van der Waals surface area (Å²) in [6.45, 7) is 0.579. The first-order chi connectivity index (χ1) is 7.65. The predicted octanol–water partition coefficient (Wildman–Crippen LogP) is -1.64. The lowest BCUT2D eigenvalue weighted by Crippen LogP contribution is -2.37. The molecule has 1 atom stereocenters. The molecule has 2 N–H and O–H groups in total. The van der Waals surface area contributed by atoms with Crippen molar-refractivity contribution in [3.63, 3.8) is 0 Å². The van der Waals surface area contributed by atoms with Gasteiger partial charge in [0.05, 0.1) is 12.5 Å². The third-order valence-corrected chi connectivity index (χ3v) is 2.36. The number of aromatic nitrogens is 3. The summed E-state index contributed by atoms with van der Waals surface area (Å²) in [5.41, 5.74) is 0. The monoisotopic (exact) mass is 223 g/mol. The molecular weight excluding hydrogens is 210 g/mol. The van der Waals surface area contributed by atoms with Gasteiger partial charge in [0.2, 0.25) is 11.8 Å². The maximum atomic E-state index is 11.2. The van der Waals surface area contributed by atoms with Crippen LogP contribution in [0.4, 0.5) is 0 Å². The molecule has 7 heteroatoms. The SMILES string of the molecule is Cn1cnc(CCNC2CC(=O)NC2=O)n1. The topological polar surface area (TPSA) is 88.9 Å². The summed E-state index contributed by atoms with van der Waals surface area (Å²) in [4.78, 5) is 26.2. The lowest BCUT2D eigenvalue weighted by molar-refractivity contribution is -0.125. The molecule has 1 unspecified atom stereocenters. The summed E-state index contributed by atoms with van der Waals surface area (Å²) in [5, 5.41) is 9.35. The molecule has 2 heterocycles. The van der Waals surface area contributed by atoms with Gasteiger partial charge in [0.15, 0.2) is 5.82 Å². The molecule has 1 aromatic heterocycles. The van der Waals surface area contributed by atoms with E-state index in [0.29, 0.717) is 13.0 Å². The molecule has 16 heavy (non-hydrogen) atoms. The maximum Gasteiger partial charge on any atom is 0.244 e. The molecule has 0 aliphatic carbocycles. The number of hydrogen-bond donors (Lipinski definition) is 2. The van der Waals surface area contributed by atoms with Crippen molar-refractivity contribution in [2.45, 2.75) is 18.9 Å². The van der Waals surface area contributed by atoms with Gasteiger partial charge in [-0.2, -0.15) is 5.10 Å². The van der Waals surface area contributed by atoms with Gasteiger partial charge >= 0.3 is 0 Å². The molecule has 7 nitrogen and oxygen atoms in total. The van der Waals surface area contributed by atoms with Crippen molar-refractivity contribution < 1.29 is 9.59 Å². The van der Waals surface area contributed by atoms with E-state index in [0.717, 1.165) is 5.82 Å². The fraction of sp³-hybridized carbons (Fsp3) is 0.556. The largest absolute Gasteiger partial charge is 0.305 e. The summed E-state index contributed by atoms with van der Waals surface area (Å²) in [5.74, 6) is 0.247. The van der Waals surface area contributed by atoms with Crippen LogP contribution in [-0.2, 0) is 23.1 Å². The van der Waals surface area contributed by atoms with E-state index in [2.05, 4.69) is 20.7 Å². The molecule has 2 amide bonds. The van der Waals surface area contributed by atoms with Gasteiger partial charge in [-0.25, -0.2) is 4.98 Å². The Kier molecular flexibility index (Phi) is 2.95. The molecular formula is C9H13N5O2. The lowest BCUT2D eigenvalue weighted by Gasteiger charge is -2.06. The van der Waals surface area contributed by atoms with Crippen LogP contribution in [0.15, 0.2) is 6.33 Å². The van der Waals surface area contributed by atoms with E-state index in [1.807, 2.05) is 0 Å². The van der Waals surface area contributed by atoms with Crippen molar-refractivity contribution in [3.8, 4) is 0 Å². The Morgan fingerprint density at radius 2 is 2.44 bits per heavy atom. The van der Waals surface area contributed by atoms with E-state index in [-0.39, 0.29) is 18.2 Å². The molecule has 1 fully saturated rings. The van der Waals surface area contributed by atoms with Crippen LogP contribution in [-0.4, -0.2) is 39.2 Å². The van der Waals surface area contributed by atoms with Crippen molar-refractivity contribution in [2.75, 3.05) is 6.54 Å². The van der Waals surface area contributed by atoms with E-state index in [1.165, 1.54) is 0 Å². The molecule has 1 aliphatic heterocycles. The van der Waals surface area contributed by atoms with Crippen LogP contribution in [0, 0.1) is 0 Å². The summed E-state index contributed by atoms with van der Waals surface area (Å²) < 4.78 is 1.63. The predicted molar refractivity (Wildman–Crippen MR) is 54.3 cm³/mol. The second-order valence-corrected chi connectivity index (χ2v) is 3.71. The number of hydrogen-bond acceptors (Lipinski definition) is 5. The van der Waals surface area contributed by atoms with Crippen LogP contribution >= 0.6 is 0 Å². The molecule has 1 aromatic rings. The lowest BCUT2D eigenvalue weighted by atomic mass is 10.2. The van der Waals surface area contributed by atoms with Crippen LogP contribution in [0.3, 0.4) is 0 Å². The average Bonchev–Trinajstić information content (AvgIpc) is 2.74. The number of imide groups is 1. The van der Waals surface area contributed by atoms with Gasteiger partial charge in [-0.15, -0.1) is 0 Å². The van der Waals surface area contributed by atoms with Gasteiger partial charge in [-0.05, 0) is 0 Å². The van der Waals surface area contributed by atoms with Gasteiger partial charge in [0.25, 0.3) is 0 Å². The number of aryl methyl sites for hydroxylation is 1. The smallest absolute Gasteiger partial charge is 0.244 e. The molecule has 0 saturated carbocycles. The third-order valence-electron chi connectivity index (χ3n) is 2.36. The number of nitrogens with one attached hydrogen (secondary N) is 2. The van der Waals surface area contributed by atoms with E-state index >= 15 is 0 Å². The zero-order chi connectivity index (χ0) is 11.5. The maximum absolute atomic E-state index is 11.2. The highest BCUT2D eigenvalue weighted by Crippen LogP contribution is 2.01. The van der Waals surface area contributed by atoms with Crippen LogP contribution < -0.4 is 10.6 Å². The minimum Gasteiger partial charge on any atom is -0.305 e. The van der Waals surface area contributed by atoms with Crippen LogP contribution in [0.25, 0.3) is 0 Å². The molecule has 0 aromatic carbocycles. The number of nitrogens with zero attached hydrogens (tertiary/aromatic N) is 3. The molecule has 1 aliphatic rings. The Hall–Kier alpha value is -1.76. The molecule has 2 rings (SSSR count). The Balaban J connectivity index is 1.76. The minimum absolute atomic E-state index is 0.217. The first kappa shape index (κ1) is 10.7. The van der Waals surface area contributed by atoms with Crippen molar-refractivity contribution >= 4 is 11.8 Å². The van der Waals surface area contributed by atoms with Crippen LogP contribution in [0.2, 0.25) is 0 Å². The molecule has 0 radical (unpaired) electrons. The Labute approximate surface area is 92.2 Å².